The number of halogens is 1. The maximum atomic E-state index is 14.5. The zero-order chi connectivity index (χ0) is 24.2. The van der Waals surface area contributed by atoms with Crippen molar-refractivity contribution in [3.8, 4) is 22.3 Å². The maximum Gasteiger partial charge on any atom is 0.343 e. The second-order valence-corrected chi connectivity index (χ2v) is 8.46. The van der Waals surface area contributed by atoms with Gasteiger partial charge in [-0.25, -0.2) is 9.18 Å². The molecular weight excluding hydrogens is 455 g/mol. The Morgan fingerprint density at radius 2 is 1.91 bits per heavy atom. The fourth-order valence-electron chi connectivity index (χ4n) is 3.80. The molecule has 0 aliphatic rings. The second-order valence-electron chi connectivity index (χ2n) is 7.46. The summed E-state index contributed by atoms with van der Waals surface area (Å²) in [5, 5.41) is 9.81. The number of hydrogen-bond acceptors (Lipinski definition) is 6. The standard InChI is InChI=1S/C26H21FN2O4S/c1-3-33-26(31)20-15-29(14-17-6-4-5-7-21(17)27)25-22(23(20)30)19(12-13-28)24(34-25)16-8-10-18(32-2)11-9-16/h4-11,15H,3,12,14H2,1-2H3. The van der Waals surface area contributed by atoms with Crippen LogP contribution in [0.3, 0.4) is 0 Å². The highest BCUT2D eigenvalue weighted by molar-refractivity contribution is 7.22. The number of fused-ring (bicyclic) bond motifs is 1. The van der Waals surface area contributed by atoms with Crippen LogP contribution in [0.1, 0.15) is 28.4 Å². The van der Waals surface area contributed by atoms with Crippen LogP contribution in [0.4, 0.5) is 4.39 Å². The van der Waals surface area contributed by atoms with Crippen LogP contribution in [-0.2, 0) is 17.7 Å². The number of rotatable bonds is 7. The Morgan fingerprint density at radius 3 is 2.56 bits per heavy atom. The lowest BCUT2D eigenvalue weighted by Crippen LogP contribution is -2.21. The fourth-order valence-corrected chi connectivity index (χ4v) is 5.10. The monoisotopic (exact) mass is 476 g/mol. The number of pyridine rings is 1. The number of thiophene rings is 1. The molecule has 0 fully saturated rings. The van der Waals surface area contributed by atoms with Crippen molar-refractivity contribution in [2.24, 2.45) is 0 Å². The zero-order valence-corrected chi connectivity index (χ0v) is 19.4. The van der Waals surface area contributed by atoms with Crippen molar-refractivity contribution in [3.63, 3.8) is 0 Å². The first-order valence-electron chi connectivity index (χ1n) is 10.6. The molecule has 0 radical (unpaired) electrons. The number of esters is 1. The highest BCUT2D eigenvalue weighted by Crippen LogP contribution is 2.38. The Bertz CT molecular complexity index is 1470. The largest absolute Gasteiger partial charge is 0.497 e. The summed E-state index contributed by atoms with van der Waals surface area (Å²) in [7, 11) is 1.57. The molecular formula is C26H21FN2O4S. The lowest BCUT2D eigenvalue weighted by atomic mass is 10.0. The molecule has 4 aromatic rings. The molecule has 0 N–H and O–H groups in total. The summed E-state index contributed by atoms with van der Waals surface area (Å²) in [5.41, 5.74) is 1.10. The summed E-state index contributed by atoms with van der Waals surface area (Å²) in [5.74, 6) is -0.469. The summed E-state index contributed by atoms with van der Waals surface area (Å²) in [6.45, 7) is 1.86. The average molecular weight is 477 g/mol. The number of methoxy groups -OCH3 is 1. The van der Waals surface area contributed by atoms with E-state index in [-0.39, 0.29) is 30.5 Å². The second kappa shape index (κ2) is 9.89. The van der Waals surface area contributed by atoms with Crippen molar-refractivity contribution < 1.29 is 18.7 Å². The molecule has 0 aliphatic carbocycles. The molecule has 0 atom stereocenters. The molecule has 0 unspecified atom stereocenters. The van der Waals surface area contributed by atoms with Gasteiger partial charge in [-0.15, -0.1) is 11.3 Å². The number of aromatic nitrogens is 1. The van der Waals surface area contributed by atoms with Gasteiger partial charge in [0.1, 0.15) is 22.0 Å². The molecule has 0 saturated carbocycles. The first-order valence-corrected chi connectivity index (χ1v) is 11.4. The Labute approximate surface area is 199 Å². The van der Waals surface area contributed by atoms with E-state index < -0.39 is 17.2 Å². The highest BCUT2D eigenvalue weighted by atomic mass is 32.1. The van der Waals surface area contributed by atoms with Gasteiger partial charge in [0.2, 0.25) is 5.43 Å². The van der Waals surface area contributed by atoms with E-state index in [2.05, 4.69) is 6.07 Å². The van der Waals surface area contributed by atoms with Gasteiger partial charge in [0, 0.05) is 16.6 Å². The quantitative estimate of drug-likeness (QED) is 0.344. The van der Waals surface area contributed by atoms with E-state index in [1.54, 1.807) is 48.9 Å². The van der Waals surface area contributed by atoms with Crippen LogP contribution in [0.5, 0.6) is 5.75 Å². The minimum Gasteiger partial charge on any atom is -0.497 e. The van der Waals surface area contributed by atoms with Crippen LogP contribution < -0.4 is 10.2 Å². The van der Waals surface area contributed by atoms with Gasteiger partial charge in [0.15, 0.2) is 0 Å². The van der Waals surface area contributed by atoms with Crippen molar-refractivity contribution in [1.82, 2.24) is 4.57 Å². The minimum absolute atomic E-state index is 0.0252. The van der Waals surface area contributed by atoms with Gasteiger partial charge in [-0.1, -0.05) is 18.2 Å². The van der Waals surface area contributed by atoms with Gasteiger partial charge in [-0.05, 0) is 48.4 Å². The lowest BCUT2D eigenvalue weighted by Gasteiger charge is -2.12. The van der Waals surface area contributed by atoms with Gasteiger partial charge in [-0.2, -0.15) is 5.26 Å². The lowest BCUT2D eigenvalue weighted by molar-refractivity contribution is 0.0524. The van der Waals surface area contributed by atoms with Crippen molar-refractivity contribution in [2.75, 3.05) is 13.7 Å². The van der Waals surface area contributed by atoms with Crippen LogP contribution in [0.15, 0.2) is 59.5 Å². The third-order valence-corrected chi connectivity index (χ3v) is 6.73. The zero-order valence-electron chi connectivity index (χ0n) is 18.6. The molecule has 8 heteroatoms. The topological polar surface area (TPSA) is 81.3 Å². The minimum atomic E-state index is -0.753. The van der Waals surface area contributed by atoms with Crippen molar-refractivity contribution >= 4 is 27.5 Å². The van der Waals surface area contributed by atoms with E-state index in [9.17, 15) is 19.2 Å². The Kier molecular flexibility index (Phi) is 6.75. The normalized spacial score (nSPS) is 10.8. The number of nitriles is 1. The van der Waals surface area contributed by atoms with E-state index in [0.29, 0.717) is 21.7 Å². The predicted molar refractivity (Wildman–Crippen MR) is 129 cm³/mol. The van der Waals surface area contributed by atoms with E-state index in [0.717, 1.165) is 10.4 Å². The molecule has 2 aromatic heterocycles. The summed E-state index contributed by atoms with van der Waals surface area (Å²) < 4.78 is 26.5. The smallest absolute Gasteiger partial charge is 0.343 e. The fraction of sp³-hybridized carbons (Fsp3) is 0.192. The van der Waals surface area contributed by atoms with Gasteiger partial charge in [0.25, 0.3) is 0 Å². The summed E-state index contributed by atoms with van der Waals surface area (Å²) >= 11 is 1.33. The predicted octanol–water partition coefficient (Wildman–Crippen LogP) is 5.17. The number of benzene rings is 2. The van der Waals surface area contributed by atoms with Crippen LogP contribution in [0, 0.1) is 17.1 Å². The molecule has 6 nitrogen and oxygen atoms in total. The molecule has 2 heterocycles. The SMILES string of the molecule is CCOC(=O)c1cn(Cc2ccccc2F)c2sc(-c3ccc(OC)cc3)c(CC#N)c2c1=O. The van der Waals surface area contributed by atoms with Gasteiger partial charge < -0.3 is 14.0 Å². The van der Waals surface area contributed by atoms with E-state index in [1.165, 1.54) is 23.6 Å². The molecule has 0 bridgehead atoms. The summed E-state index contributed by atoms with van der Waals surface area (Å²) in [6.07, 6.45) is 1.39. The molecule has 34 heavy (non-hydrogen) atoms. The van der Waals surface area contributed by atoms with E-state index in [4.69, 9.17) is 9.47 Å². The Morgan fingerprint density at radius 1 is 1.18 bits per heavy atom. The Balaban J connectivity index is 2.02. The van der Waals surface area contributed by atoms with Gasteiger partial charge in [0.05, 0.1) is 38.1 Å². The van der Waals surface area contributed by atoms with E-state index in [1.807, 2.05) is 12.1 Å². The van der Waals surface area contributed by atoms with Crippen LogP contribution in [0.25, 0.3) is 20.7 Å². The highest BCUT2D eigenvalue weighted by Gasteiger charge is 2.24. The molecule has 0 aliphatic heterocycles. The molecule has 0 spiro atoms. The van der Waals surface area contributed by atoms with Crippen LogP contribution in [-0.4, -0.2) is 24.3 Å². The summed E-state index contributed by atoms with van der Waals surface area (Å²) in [4.78, 5) is 27.3. The number of carbonyl (C=O) groups is 1. The summed E-state index contributed by atoms with van der Waals surface area (Å²) in [6, 6.07) is 15.8. The van der Waals surface area contributed by atoms with Gasteiger partial charge in [-0.3, -0.25) is 4.79 Å². The molecule has 0 saturated heterocycles. The first-order chi connectivity index (χ1) is 16.5. The van der Waals surface area contributed by atoms with Crippen LogP contribution >= 0.6 is 11.3 Å². The molecule has 0 amide bonds. The molecule has 4 rings (SSSR count). The average Bonchev–Trinajstić information content (AvgIpc) is 3.22. The van der Waals surface area contributed by atoms with E-state index >= 15 is 0 Å². The molecule has 172 valence electrons. The first kappa shape index (κ1) is 23.2. The third kappa shape index (κ3) is 4.30. The van der Waals surface area contributed by atoms with Crippen molar-refractivity contribution in [1.29, 1.82) is 5.26 Å². The number of ether oxygens (including phenoxy) is 2. The number of hydrogen-bond donors (Lipinski definition) is 0. The Hall–Kier alpha value is -3.96. The molecule has 2 aromatic carbocycles. The van der Waals surface area contributed by atoms with Gasteiger partial charge >= 0.3 is 5.97 Å². The number of carbonyl (C=O) groups excluding carboxylic acids is 1. The van der Waals surface area contributed by atoms with Crippen molar-refractivity contribution in [3.05, 3.63) is 87.5 Å². The maximum absolute atomic E-state index is 14.5. The van der Waals surface area contributed by atoms with Crippen molar-refractivity contribution in [2.45, 2.75) is 19.9 Å². The number of nitrogens with zero attached hydrogens (tertiary/aromatic N) is 2. The third-order valence-electron chi connectivity index (χ3n) is 5.41. The van der Waals surface area contributed by atoms with Crippen LogP contribution in [0.2, 0.25) is 0 Å².